The fraction of sp³-hybridized carbons (Fsp3) is 0.278. The van der Waals surface area contributed by atoms with Crippen LogP contribution < -0.4 is 10.6 Å². The minimum atomic E-state index is -0.0116. The Bertz CT molecular complexity index is 591. The van der Waals surface area contributed by atoms with Crippen LogP contribution in [0, 0.1) is 0 Å². The van der Waals surface area contributed by atoms with Crippen molar-refractivity contribution in [1.82, 2.24) is 10.6 Å². The number of carbonyl (C=O) groups is 1. The first kappa shape index (κ1) is 19.2. The van der Waals surface area contributed by atoms with Crippen LogP contribution in [-0.4, -0.2) is 19.5 Å². The number of halogens is 1. The van der Waals surface area contributed by atoms with E-state index in [2.05, 4.69) is 10.6 Å². The Morgan fingerprint density at radius 2 is 1.61 bits per heavy atom. The summed E-state index contributed by atoms with van der Waals surface area (Å²) in [5.41, 5.74) is 3.34. The summed E-state index contributed by atoms with van der Waals surface area (Å²) in [6.07, 6.45) is 0. The number of rotatable bonds is 8. The van der Waals surface area contributed by atoms with Gasteiger partial charge in [-0.2, -0.15) is 0 Å². The average Bonchev–Trinajstić information content (AvgIpc) is 2.55. The molecule has 2 aromatic carbocycles. The van der Waals surface area contributed by atoms with Crippen LogP contribution in [0.15, 0.2) is 54.6 Å². The number of likely N-dealkylation sites (N-methyl/N-ethyl adjacent to an activating group) is 1. The summed E-state index contributed by atoms with van der Waals surface area (Å²) in [5, 5.41) is 5.73. The second-order valence-corrected chi connectivity index (χ2v) is 5.05. The fourth-order valence-corrected chi connectivity index (χ4v) is 2.14. The quantitative estimate of drug-likeness (QED) is 0.780. The van der Waals surface area contributed by atoms with Crippen molar-refractivity contribution in [3.63, 3.8) is 0 Å². The lowest BCUT2D eigenvalue weighted by atomic mass is 10.1. The van der Waals surface area contributed by atoms with Crippen LogP contribution >= 0.6 is 12.4 Å². The van der Waals surface area contributed by atoms with Crippen molar-refractivity contribution >= 4 is 18.3 Å². The summed E-state index contributed by atoms with van der Waals surface area (Å²) in [7, 11) is 1.75. The molecule has 0 fully saturated rings. The highest BCUT2D eigenvalue weighted by Gasteiger charge is 2.04. The molecule has 4 nitrogen and oxygen atoms in total. The Balaban J connectivity index is 0.00000264. The minimum Gasteiger partial charge on any atom is -0.372 e. The van der Waals surface area contributed by atoms with Gasteiger partial charge in [-0.25, -0.2) is 0 Å². The van der Waals surface area contributed by atoms with Crippen molar-refractivity contribution in [2.75, 3.05) is 13.6 Å². The van der Waals surface area contributed by atoms with E-state index in [4.69, 9.17) is 4.74 Å². The molecule has 0 aliphatic heterocycles. The molecule has 0 heterocycles. The van der Waals surface area contributed by atoms with E-state index in [1.165, 1.54) is 0 Å². The van der Waals surface area contributed by atoms with Crippen molar-refractivity contribution < 1.29 is 9.53 Å². The molecule has 2 rings (SSSR count). The molecule has 0 bridgehead atoms. The maximum Gasteiger partial charge on any atom is 0.234 e. The van der Waals surface area contributed by atoms with Gasteiger partial charge in [0.25, 0.3) is 0 Å². The molecule has 0 atom stereocenters. The van der Waals surface area contributed by atoms with E-state index in [0.717, 1.165) is 16.7 Å². The second kappa shape index (κ2) is 10.8. The normalized spacial score (nSPS) is 9.96. The van der Waals surface area contributed by atoms with E-state index < -0.39 is 0 Å². The van der Waals surface area contributed by atoms with Crippen LogP contribution in [0.4, 0.5) is 0 Å². The zero-order valence-corrected chi connectivity index (χ0v) is 14.1. The van der Waals surface area contributed by atoms with E-state index in [1.807, 2.05) is 54.6 Å². The standard InChI is InChI=1S/C18H22N2O2.ClH/c1-19-12-18(21)20-11-16-9-5-6-10-17(16)14-22-13-15-7-3-2-4-8-15;/h2-10,19H,11-14H2,1H3,(H,20,21);1H. The largest absolute Gasteiger partial charge is 0.372 e. The third kappa shape index (κ3) is 6.82. The van der Waals surface area contributed by atoms with E-state index in [0.29, 0.717) is 26.3 Å². The molecule has 124 valence electrons. The fourth-order valence-electron chi connectivity index (χ4n) is 2.14. The Morgan fingerprint density at radius 3 is 2.30 bits per heavy atom. The maximum absolute atomic E-state index is 11.5. The molecule has 1 amide bonds. The molecule has 0 saturated carbocycles. The molecule has 0 aromatic heterocycles. The maximum atomic E-state index is 11.5. The van der Waals surface area contributed by atoms with Gasteiger partial charge in [0.15, 0.2) is 0 Å². The van der Waals surface area contributed by atoms with Gasteiger partial charge in [0.05, 0.1) is 19.8 Å². The van der Waals surface area contributed by atoms with Gasteiger partial charge in [-0.1, -0.05) is 54.6 Å². The van der Waals surface area contributed by atoms with E-state index in [-0.39, 0.29) is 18.3 Å². The van der Waals surface area contributed by atoms with E-state index in [9.17, 15) is 4.79 Å². The molecule has 0 unspecified atom stereocenters. The molecular formula is C18H23ClN2O2. The number of amides is 1. The van der Waals surface area contributed by atoms with Gasteiger partial charge in [-0.3, -0.25) is 4.79 Å². The molecule has 0 aliphatic carbocycles. The number of ether oxygens (including phenoxy) is 1. The van der Waals surface area contributed by atoms with E-state index in [1.54, 1.807) is 7.05 Å². The SMILES string of the molecule is CNCC(=O)NCc1ccccc1COCc1ccccc1.Cl. The molecule has 2 N–H and O–H groups in total. The number of carbonyl (C=O) groups excluding carboxylic acids is 1. The van der Waals surface area contributed by atoms with Gasteiger partial charge >= 0.3 is 0 Å². The highest BCUT2D eigenvalue weighted by Crippen LogP contribution is 2.11. The van der Waals surface area contributed by atoms with Crippen molar-refractivity contribution in [3.05, 3.63) is 71.3 Å². The molecule has 0 aliphatic rings. The summed E-state index contributed by atoms with van der Waals surface area (Å²) in [6, 6.07) is 18.1. The lowest BCUT2D eigenvalue weighted by Crippen LogP contribution is -2.31. The van der Waals surface area contributed by atoms with Gasteiger partial charge in [0, 0.05) is 6.54 Å². The van der Waals surface area contributed by atoms with Gasteiger partial charge in [-0.05, 0) is 23.7 Å². The summed E-state index contributed by atoms with van der Waals surface area (Å²) in [5.74, 6) is -0.0116. The first-order chi connectivity index (χ1) is 10.8. The Labute approximate surface area is 143 Å². The van der Waals surface area contributed by atoms with Crippen molar-refractivity contribution in [2.45, 2.75) is 19.8 Å². The highest BCUT2D eigenvalue weighted by atomic mass is 35.5. The van der Waals surface area contributed by atoms with Crippen LogP contribution in [0.1, 0.15) is 16.7 Å². The zero-order valence-electron chi connectivity index (χ0n) is 13.2. The molecule has 5 heteroatoms. The van der Waals surface area contributed by atoms with Gasteiger partial charge in [0.1, 0.15) is 0 Å². The molecule has 2 aromatic rings. The lowest BCUT2D eigenvalue weighted by molar-refractivity contribution is -0.120. The number of hydrogen-bond acceptors (Lipinski definition) is 3. The summed E-state index contributed by atoms with van der Waals surface area (Å²) in [6.45, 7) is 1.96. The lowest BCUT2D eigenvalue weighted by Gasteiger charge is -2.11. The second-order valence-electron chi connectivity index (χ2n) is 5.05. The molecule has 23 heavy (non-hydrogen) atoms. The third-order valence-corrected chi connectivity index (χ3v) is 3.30. The van der Waals surface area contributed by atoms with Crippen molar-refractivity contribution in [2.24, 2.45) is 0 Å². The minimum absolute atomic E-state index is 0. The Hall–Kier alpha value is -1.88. The average molecular weight is 335 g/mol. The number of nitrogens with one attached hydrogen (secondary N) is 2. The third-order valence-electron chi connectivity index (χ3n) is 3.30. The van der Waals surface area contributed by atoms with Crippen molar-refractivity contribution in [1.29, 1.82) is 0 Å². The van der Waals surface area contributed by atoms with Crippen LogP contribution in [0.25, 0.3) is 0 Å². The monoisotopic (exact) mass is 334 g/mol. The smallest absolute Gasteiger partial charge is 0.234 e. The molecule has 0 spiro atoms. The predicted octanol–water partition coefficient (Wildman–Crippen LogP) is 2.66. The number of benzene rings is 2. The topological polar surface area (TPSA) is 50.4 Å². The summed E-state index contributed by atoms with van der Waals surface area (Å²) < 4.78 is 5.78. The Kier molecular flexibility index (Phi) is 8.98. The van der Waals surface area contributed by atoms with Gasteiger partial charge < -0.3 is 15.4 Å². The molecule has 0 saturated heterocycles. The highest BCUT2D eigenvalue weighted by molar-refractivity contribution is 5.85. The van der Waals surface area contributed by atoms with Gasteiger partial charge in [-0.15, -0.1) is 12.4 Å². The first-order valence-corrected chi connectivity index (χ1v) is 7.39. The van der Waals surface area contributed by atoms with Crippen molar-refractivity contribution in [3.8, 4) is 0 Å². The first-order valence-electron chi connectivity index (χ1n) is 7.39. The number of hydrogen-bond donors (Lipinski definition) is 2. The predicted molar refractivity (Wildman–Crippen MR) is 94.4 cm³/mol. The molecule has 0 radical (unpaired) electrons. The summed E-state index contributed by atoms with van der Waals surface area (Å²) >= 11 is 0. The van der Waals surface area contributed by atoms with Crippen LogP contribution in [0.2, 0.25) is 0 Å². The van der Waals surface area contributed by atoms with Crippen LogP contribution in [0.5, 0.6) is 0 Å². The van der Waals surface area contributed by atoms with Crippen LogP contribution in [0.3, 0.4) is 0 Å². The van der Waals surface area contributed by atoms with Gasteiger partial charge in [0.2, 0.25) is 5.91 Å². The van der Waals surface area contributed by atoms with Crippen LogP contribution in [-0.2, 0) is 29.3 Å². The van der Waals surface area contributed by atoms with E-state index >= 15 is 0 Å². The summed E-state index contributed by atoms with van der Waals surface area (Å²) in [4.78, 5) is 11.5. The zero-order chi connectivity index (χ0) is 15.6. The molecular weight excluding hydrogens is 312 g/mol. The Morgan fingerprint density at radius 1 is 0.957 bits per heavy atom.